The third kappa shape index (κ3) is 1.68. The summed E-state index contributed by atoms with van der Waals surface area (Å²) < 4.78 is 10.8. The number of rotatable bonds is 2. The lowest BCUT2D eigenvalue weighted by molar-refractivity contribution is 0.226. The average Bonchev–Trinajstić information content (AvgIpc) is 2.27. The van der Waals surface area contributed by atoms with Crippen molar-refractivity contribution in [2.24, 2.45) is 11.7 Å². The van der Waals surface area contributed by atoms with Gasteiger partial charge in [-0.05, 0) is 36.7 Å². The predicted octanol–water partition coefficient (Wildman–Crippen LogP) is 1.20. The molecule has 0 aromatic heterocycles. The zero-order valence-electron chi connectivity index (χ0n) is 8.32. The van der Waals surface area contributed by atoms with E-state index in [1.807, 2.05) is 18.2 Å². The standard InChI is InChI=1S/C11H15NO2/c1-13-10-2-3-11-9(5-10)4-8(6-12)7-14-11/h2-3,5,8H,4,6-7,12H2,1H3. The summed E-state index contributed by atoms with van der Waals surface area (Å²) in [5.74, 6) is 2.29. The Bertz CT molecular complexity index is 325. The summed E-state index contributed by atoms with van der Waals surface area (Å²) in [6.45, 7) is 1.41. The van der Waals surface area contributed by atoms with Crippen molar-refractivity contribution in [3.63, 3.8) is 0 Å². The lowest BCUT2D eigenvalue weighted by atomic mass is 9.97. The molecule has 0 fully saturated rings. The first-order chi connectivity index (χ1) is 6.83. The van der Waals surface area contributed by atoms with E-state index in [4.69, 9.17) is 15.2 Å². The van der Waals surface area contributed by atoms with Gasteiger partial charge in [-0.15, -0.1) is 0 Å². The highest BCUT2D eigenvalue weighted by Gasteiger charge is 2.18. The first-order valence-corrected chi connectivity index (χ1v) is 4.83. The molecule has 2 rings (SSSR count). The molecule has 1 unspecified atom stereocenters. The monoisotopic (exact) mass is 193 g/mol. The first-order valence-electron chi connectivity index (χ1n) is 4.83. The average molecular weight is 193 g/mol. The van der Waals surface area contributed by atoms with Gasteiger partial charge >= 0.3 is 0 Å². The van der Waals surface area contributed by atoms with Crippen molar-refractivity contribution in [1.29, 1.82) is 0 Å². The van der Waals surface area contributed by atoms with E-state index in [0.29, 0.717) is 12.5 Å². The molecule has 0 aliphatic carbocycles. The Morgan fingerprint density at radius 2 is 2.43 bits per heavy atom. The van der Waals surface area contributed by atoms with Crippen LogP contribution in [0.3, 0.4) is 0 Å². The summed E-state index contributed by atoms with van der Waals surface area (Å²) in [4.78, 5) is 0. The van der Waals surface area contributed by atoms with E-state index in [1.54, 1.807) is 7.11 Å². The minimum Gasteiger partial charge on any atom is -0.497 e. The van der Waals surface area contributed by atoms with E-state index < -0.39 is 0 Å². The molecule has 14 heavy (non-hydrogen) atoms. The number of hydrogen-bond donors (Lipinski definition) is 1. The summed E-state index contributed by atoms with van der Waals surface area (Å²) in [6, 6.07) is 5.90. The fourth-order valence-electron chi connectivity index (χ4n) is 1.71. The lowest BCUT2D eigenvalue weighted by Crippen LogP contribution is -2.27. The maximum atomic E-state index is 5.62. The van der Waals surface area contributed by atoms with Crippen molar-refractivity contribution in [3.8, 4) is 11.5 Å². The minimum absolute atomic E-state index is 0.439. The molecule has 0 radical (unpaired) electrons. The van der Waals surface area contributed by atoms with Gasteiger partial charge in [0.25, 0.3) is 0 Å². The SMILES string of the molecule is COc1ccc2c(c1)CC(CN)CO2. The Kier molecular flexibility index (Phi) is 2.59. The van der Waals surface area contributed by atoms with Crippen LogP contribution in [-0.4, -0.2) is 20.3 Å². The van der Waals surface area contributed by atoms with Crippen molar-refractivity contribution in [1.82, 2.24) is 0 Å². The zero-order chi connectivity index (χ0) is 9.97. The molecule has 0 bridgehead atoms. The Hall–Kier alpha value is -1.22. The second-order valence-corrected chi connectivity index (χ2v) is 3.59. The van der Waals surface area contributed by atoms with E-state index in [0.717, 1.165) is 24.5 Å². The molecule has 0 amide bonds. The van der Waals surface area contributed by atoms with Gasteiger partial charge in [0.1, 0.15) is 11.5 Å². The predicted molar refractivity (Wildman–Crippen MR) is 54.7 cm³/mol. The maximum Gasteiger partial charge on any atom is 0.122 e. The molecule has 1 aliphatic rings. The molecule has 0 saturated carbocycles. The lowest BCUT2D eigenvalue weighted by Gasteiger charge is -2.24. The normalized spacial score (nSPS) is 19.7. The van der Waals surface area contributed by atoms with Crippen LogP contribution in [-0.2, 0) is 6.42 Å². The molecule has 1 aromatic rings. The van der Waals surface area contributed by atoms with E-state index in [1.165, 1.54) is 5.56 Å². The van der Waals surface area contributed by atoms with Crippen molar-refractivity contribution in [2.45, 2.75) is 6.42 Å². The van der Waals surface area contributed by atoms with E-state index in [2.05, 4.69) is 0 Å². The minimum atomic E-state index is 0.439. The Labute approximate surface area is 83.8 Å². The number of nitrogens with two attached hydrogens (primary N) is 1. The van der Waals surface area contributed by atoms with Crippen molar-refractivity contribution < 1.29 is 9.47 Å². The van der Waals surface area contributed by atoms with Crippen LogP contribution in [0.5, 0.6) is 11.5 Å². The molecule has 76 valence electrons. The molecule has 2 N–H and O–H groups in total. The molecule has 3 heteroatoms. The Morgan fingerprint density at radius 3 is 3.14 bits per heavy atom. The third-order valence-electron chi connectivity index (χ3n) is 2.58. The molecule has 1 heterocycles. The highest BCUT2D eigenvalue weighted by Crippen LogP contribution is 2.30. The van der Waals surface area contributed by atoms with Gasteiger partial charge in [-0.3, -0.25) is 0 Å². The number of fused-ring (bicyclic) bond motifs is 1. The van der Waals surface area contributed by atoms with Crippen LogP contribution in [0.2, 0.25) is 0 Å². The Morgan fingerprint density at radius 1 is 1.57 bits per heavy atom. The number of methoxy groups -OCH3 is 1. The van der Waals surface area contributed by atoms with Gasteiger partial charge in [0.2, 0.25) is 0 Å². The van der Waals surface area contributed by atoms with Crippen LogP contribution < -0.4 is 15.2 Å². The van der Waals surface area contributed by atoms with Crippen LogP contribution in [0, 0.1) is 5.92 Å². The van der Waals surface area contributed by atoms with E-state index >= 15 is 0 Å². The number of hydrogen-bond acceptors (Lipinski definition) is 3. The molecule has 0 spiro atoms. The number of ether oxygens (including phenoxy) is 2. The van der Waals surface area contributed by atoms with Crippen molar-refractivity contribution >= 4 is 0 Å². The molecule has 3 nitrogen and oxygen atoms in total. The molecule has 0 saturated heterocycles. The highest BCUT2D eigenvalue weighted by molar-refractivity contribution is 5.41. The summed E-state index contributed by atoms with van der Waals surface area (Å²) >= 11 is 0. The van der Waals surface area contributed by atoms with Gasteiger partial charge in [0.15, 0.2) is 0 Å². The smallest absolute Gasteiger partial charge is 0.122 e. The van der Waals surface area contributed by atoms with Crippen LogP contribution in [0.1, 0.15) is 5.56 Å². The van der Waals surface area contributed by atoms with Gasteiger partial charge in [0, 0.05) is 5.92 Å². The summed E-state index contributed by atoms with van der Waals surface area (Å²) in [6.07, 6.45) is 0.989. The van der Waals surface area contributed by atoms with Gasteiger partial charge < -0.3 is 15.2 Å². The fourth-order valence-corrected chi connectivity index (χ4v) is 1.71. The van der Waals surface area contributed by atoms with Gasteiger partial charge in [-0.2, -0.15) is 0 Å². The van der Waals surface area contributed by atoms with E-state index in [9.17, 15) is 0 Å². The van der Waals surface area contributed by atoms with Gasteiger partial charge in [0.05, 0.1) is 13.7 Å². The third-order valence-corrected chi connectivity index (χ3v) is 2.58. The second-order valence-electron chi connectivity index (χ2n) is 3.59. The molecule has 1 aliphatic heterocycles. The molecular weight excluding hydrogens is 178 g/mol. The van der Waals surface area contributed by atoms with E-state index in [-0.39, 0.29) is 0 Å². The van der Waals surface area contributed by atoms with Crippen LogP contribution in [0.4, 0.5) is 0 Å². The van der Waals surface area contributed by atoms with Crippen LogP contribution in [0.15, 0.2) is 18.2 Å². The molecule has 1 atom stereocenters. The molecular formula is C11H15NO2. The second kappa shape index (κ2) is 3.88. The van der Waals surface area contributed by atoms with Gasteiger partial charge in [-0.25, -0.2) is 0 Å². The summed E-state index contributed by atoms with van der Waals surface area (Å²) in [5.41, 5.74) is 6.82. The van der Waals surface area contributed by atoms with Crippen molar-refractivity contribution in [2.75, 3.05) is 20.3 Å². The largest absolute Gasteiger partial charge is 0.497 e. The van der Waals surface area contributed by atoms with Crippen molar-refractivity contribution in [3.05, 3.63) is 23.8 Å². The quantitative estimate of drug-likeness (QED) is 0.767. The zero-order valence-corrected chi connectivity index (χ0v) is 8.32. The Balaban J connectivity index is 2.25. The first kappa shape index (κ1) is 9.34. The summed E-state index contributed by atoms with van der Waals surface area (Å²) in [7, 11) is 1.67. The fraction of sp³-hybridized carbons (Fsp3) is 0.455. The molecule has 1 aromatic carbocycles. The van der Waals surface area contributed by atoms with Crippen LogP contribution in [0.25, 0.3) is 0 Å². The number of benzene rings is 1. The maximum absolute atomic E-state index is 5.62. The van der Waals surface area contributed by atoms with Gasteiger partial charge in [-0.1, -0.05) is 0 Å². The van der Waals surface area contributed by atoms with Crippen LogP contribution >= 0.6 is 0 Å². The topological polar surface area (TPSA) is 44.5 Å². The summed E-state index contributed by atoms with van der Waals surface area (Å²) in [5, 5.41) is 0. The highest BCUT2D eigenvalue weighted by atomic mass is 16.5.